The minimum absolute atomic E-state index is 0.151. The van der Waals surface area contributed by atoms with Crippen LogP contribution in [0.4, 0.5) is 17.3 Å². The van der Waals surface area contributed by atoms with Gasteiger partial charge in [0.1, 0.15) is 11.6 Å². The molecule has 7 N–H and O–H groups in total. The van der Waals surface area contributed by atoms with E-state index in [-0.39, 0.29) is 29.0 Å². The van der Waals surface area contributed by atoms with E-state index in [0.29, 0.717) is 22.4 Å². The van der Waals surface area contributed by atoms with Gasteiger partial charge in [0, 0.05) is 6.07 Å². The zero-order valence-electron chi connectivity index (χ0n) is 10.8. The second-order valence-corrected chi connectivity index (χ2v) is 4.62. The van der Waals surface area contributed by atoms with Crippen LogP contribution in [0, 0.1) is 0 Å². The Bertz CT molecular complexity index is 799. The van der Waals surface area contributed by atoms with Gasteiger partial charge in [-0.3, -0.25) is 4.79 Å². The maximum absolute atomic E-state index is 12.0. The van der Waals surface area contributed by atoms with E-state index in [0.717, 1.165) is 0 Å². The molecular weight excluding hydrogens is 272 g/mol. The second-order valence-electron chi connectivity index (χ2n) is 4.62. The van der Waals surface area contributed by atoms with E-state index < -0.39 is 0 Å². The van der Waals surface area contributed by atoms with Crippen LogP contribution in [0.1, 0.15) is 11.1 Å². The van der Waals surface area contributed by atoms with Crippen LogP contribution in [0.5, 0.6) is 11.5 Å². The van der Waals surface area contributed by atoms with Gasteiger partial charge in [-0.2, -0.15) is 0 Å². The van der Waals surface area contributed by atoms with Crippen LogP contribution in [0.25, 0.3) is 11.6 Å². The molecule has 0 saturated heterocycles. The molecule has 2 aromatic rings. The summed E-state index contributed by atoms with van der Waals surface area (Å²) in [6.07, 6.45) is 1.55. The number of phenols is 2. The number of amides is 1. The maximum Gasteiger partial charge on any atom is 0.256 e. The van der Waals surface area contributed by atoms with Crippen molar-refractivity contribution in [2.45, 2.75) is 0 Å². The molecule has 7 nitrogen and oxygen atoms in total. The van der Waals surface area contributed by atoms with Gasteiger partial charge in [0.15, 0.2) is 11.5 Å². The van der Waals surface area contributed by atoms with Crippen LogP contribution in [-0.2, 0) is 4.79 Å². The Morgan fingerprint density at radius 1 is 1.14 bits per heavy atom. The molecule has 7 heteroatoms. The number of pyridine rings is 1. The van der Waals surface area contributed by atoms with Crippen molar-refractivity contribution in [1.29, 1.82) is 0 Å². The molecule has 0 radical (unpaired) electrons. The molecule has 1 aliphatic heterocycles. The number of benzene rings is 1. The Balaban J connectivity index is 2.14. The number of nitrogens with zero attached hydrogens (tertiary/aromatic N) is 1. The minimum Gasteiger partial charge on any atom is -0.504 e. The fourth-order valence-electron chi connectivity index (χ4n) is 2.20. The van der Waals surface area contributed by atoms with Crippen molar-refractivity contribution in [2.24, 2.45) is 0 Å². The highest BCUT2D eigenvalue weighted by atomic mass is 16.3. The van der Waals surface area contributed by atoms with Gasteiger partial charge in [-0.15, -0.1) is 0 Å². The number of nitrogens with one attached hydrogen (secondary N) is 1. The van der Waals surface area contributed by atoms with Crippen LogP contribution < -0.4 is 16.8 Å². The molecular formula is C14H12N4O3. The molecule has 0 aliphatic carbocycles. The summed E-state index contributed by atoms with van der Waals surface area (Å²) in [6, 6.07) is 5.77. The summed E-state index contributed by atoms with van der Waals surface area (Å²) in [5.41, 5.74) is 13.2. The lowest BCUT2D eigenvalue weighted by Crippen LogP contribution is -2.03. The Hall–Kier alpha value is -3.22. The summed E-state index contributed by atoms with van der Waals surface area (Å²) in [4.78, 5) is 16.0. The van der Waals surface area contributed by atoms with Gasteiger partial charge in [0.05, 0.1) is 16.8 Å². The third-order valence-electron chi connectivity index (χ3n) is 3.14. The number of carbonyl (C=O) groups is 1. The van der Waals surface area contributed by atoms with E-state index in [1.165, 1.54) is 18.2 Å². The van der Waals surface area contributed by atoms with Crippen molar-refractivity contribution in [3.63, 3.8) is 0 Å². The van der Waals surface area contributed by atoms with Crippen molar-refractivity contribution in [2.75, 3.05) is 16.8 Å². The molecule has 3 rings (SSSR count). The Morgan fingerprint density at radius 3 is 2.62 bits per heavy atom. The lowest BCUT2D eigenvalue weighted by molar-refractivity contribution is -0.110. The first-order valence-electron chi connectivity index (χ1n) is 6.07. The van der Waals surface area contributed by atoms with E-state index in [4.69, 9.17) is 11.5 Å². The fourth-order valence-corrected chi connectivity index (χ4v) is 2.20. The van der Waals surface area contributed by atoms with Gasteiger partial charge in [-0.25, -0.2) is 4.98 Å². The summed E-state index contributed by atoms with van der Waals surface area (Å²) in [7, 11) is 0. The van der Waals surface area contributed by atoms with Crippen LogP contribution in [-0.4, -0.2) is 21.1 Å². The monoisotopic (exact) mass is 284 g/mol. The molecule has 106 valence electrons. The molecule has 21 heavy (non-hydrogen) atoms. The Kier molecular flexibility index (Phi) is 2.69. The number of fused-ring (bicyclic) bond motifs is 1. The summed E-state index contributed by atoms with van der Waals surface area (Å²) in [5.74, 6) is -0.474. The molecule has 1 amide bonds. The molecule has 0 spiro atoms. The minimum atomic E-state index is -0.336. The van der Waals surface area contributed by atoms with Gasteiger partial charge in [0.25, 0.3) is 5.91 Å². The second kappa shape index (κ2) is 4.41. The van der Waals surface area contributed by atoms with Crippen molar-refractivity contribution in [3.05, 3.63) is 35.4 Å². The zero-order chi connectivity index (χ0) is 15.1. The molecule has 0 bridgehead atoms. The molecule has 1 aromatic heterocycles. The third kappa shape index (κ3) is 2.10. The number of hydrogen-bond acceptors (Lipinski definition) is 6. The maximum atomic E-state index is 12.0. The highest BCUT2D eigenvalue weighted by Gasteiger charge is 2.27. The first kappa shape index (κ1) is 12.8. The average Bonchev–Trinajstić information content (AvgIpc) is 2.70. The Morgan fingerprint density at radius 2 is 1.90 bits per heavy atom. The largest absolute Gasteiger partial charge is 0.504 e. The van der Waals surface area contributed by atoms with Gasteiger partial charge in [-0.1, -0.05) is 6.07 Å². The molecule has 0 fully saturated rings. The van der Waals surface area contributed by atoms with E-state index >= 15 is 0 Å². The summed E-state index contributed by atoms with van der Waals surface area (Å²) < 4.78 is 0. The number of aromatic nitrogens is 1. The molecule has 1 aromatic carbocycles. The molecule has 0 atom stereocenters. The SMILES string of the molecule is Nc1cc2c(c(N)n1)C(=Cc1ccc(O)c(O)c1)C(=O)N2. The molecule has 2 heterocycles. The van der Waals surface area contributed by atoms with Crippen LogP contribution in [0.3, 0.4) is 0 Å². The van der Waals surface area contributed by atoms with E-state index in [9.17, 15) is 15.0 Å². The number of rotatable bonds is 1. The van der Waals surface area contributed by atoms with Crippen molar-refractivity contribution in [3.8, 4) is 11.5 Å². The smallest absolute Gasteiger partial charge is 0.256 e. The first-order valence-corrected chi connectivity index (χ1v) is 6.07. The van der Waals surface area contributed by atoms with Gasteiger partial charge in [0.2, 0.25) is 0 Å². The average molecular weight is 284 g/mol. The quantitative estimate of drug-likeness (QED) is 0.394. The topological polar surface area (TPSA) is 134 Å². The predicted molar refractivity (Wildman–Crippen MR) is 79.3 cm³/mol. The summed E-state index contributed by atoms with van der Waals surface area (Å²) in [6.45, 7) is 0. The number of carbonyl (C=O) groups excluding carboxylic acids is 1. The first-order chi connectivity index (χ1) is 9.95. The van der Waals surface area contributed by atoms with Crippen LogP contribution in [0.15, 0.2) is 24.3 Å². The lowest BCUT2D eigenvalue weighted by atomic mass is 10.0. The van der Waals surface area contributed by atoms with Gasteiger partial charge >= 0.3 is 0 Å². The highest BCUT2D eigenvalue weighted by molar-refractivity contribution is 6.36. The van der Waals surface area contributed by atoms with Crippen molar-refractivity contribution >= 4 is 34.9 Å². The highest BCUT2D eigenvalue weighted by Crippen LogP contribution is 2.38. The zero-order valence-corrected chi connectivity index (χ0v) is 10.8. The Labute approximate surface area is 119 Å². The standard InChI is InChI=1S/C14H12N4O3/c15-11-5-8-12(13(16)18-11)7(14(21)17-8)3-6-1-2-9(19)10(20)4-6/h1-5,19-20H,(H,17,21)(H4,15,16,18). The summed E-state index contributed by atoms with van der Waals surface area (Å²) >= 11 is 0. The van der Waals surface area contributed by atoms with E-state index in [1.54, 1.807) is 12.1 Å². The lowest BCUT2D eigenvalue weighted by Gasteiger charge is -2.04. The fraction of sp³-hybridized carbons (Fsp3) is 0. The molecule has 1 aliphatic rings. The van der Waals surface area contributed by atoms with Crippen molar-refractivity contribution < 1.29 is 15.0 Å². The van der Waals surface area contributed by atoms with Crippen LogP contribution >= 0.6 is 0 Å². The number of phenolic OH excluding ortho intramolecular Hbond substituents is 2. The van der Waals surface area contributed by atoms with Crippen molar-refractivity contribution in [1.82, 2.24) is 4.98 Å². The molecule has 0 unspecified atom stereocenters. The third-order valence-corrected chi connectivity index (χ3v) is 3.14. The number of nitrogens with two attached hydrogens (primary N) is 2. The molecule has 0 saturated carbocycles. The van der Waals surface area contributed by atoms with Crippen LogP contribution in [0.2, 0.25) is 0 Å². The number of hydrogen-bond donors (Lipinski definition) is 5. The predicted octanol–water partition coefficient (Wildman–Crippen LogP) is 1.15. The van der Waals surface area contributed by atoms with E-state index in [2.05, 4.69) is 10.3 Å². The number of nitrogen functional groups attached to an aromatic ring is 2. The normalized spacial score (nSPS) is 15.0. The summed E-state index contributed by atoms with van der Waals surface area (Å²) in [5, 5.41) is 21.4. The van der Waals surface area contributed by atoms with Gasteiger partial charge < -0.3 is 27.0 Å². The van der Waals surface area contributed by atoms with E-state index in [1.807, 2.05) is 0 Å². The number of aromatic hydroxyl groups is 2. The number of anilines is 3. The van der Waals surface area contributed by atoms with Gasteiger partial charge in [-0.05, 0) is 23.8 Å².